The third kappa shape index (κ3) is 3.61. The van der Waals surface area contributed by atoms with Crippen LogP contribution in [0.2, 0.25) is 0 Å². The second-order valence-corrected chi connectivity index (χ2v) is 9.51. The summed E-state index contributed by atoms with van der Waals surface area (Å²) in [4.78, 5) is 13.1. The summed E-state index contributed by atoms with van der Waals surface area (Å²) in [7, 11) is 0. The fourth-order valence-corrected chi connectivity index (χ4v) is 5.35. The number of nitriles is 2. The van der Waals surface area contributed by atoms with Crippen LogP contribution in [-0.4, -0.2) is 4.57 Å². The molecule has 2 aromatic carbocycles. The first-order chi connectivity index (χ1) is 15.3. The lowest BCUT2D eigenvalue weighted by atomic mass is 9.84. The molecule has 1 aliphatic heterocycles. The second kappa shape index (κ2) is 8.47. The van der Waals surface area contributed by atoms with Crippen molar-refractivity contribution in [2.24, 2.45) is 5.73 Å². The minimum absolute atomic E-state index is 0.0172. The van der Waals surface area contributed by atoms with Crippen molar-refractivity contribution in [3.05, 3.63) is 93.2 Å². The normalized spacial score (nSPS) is 16.0. The van der Waals surface area contributed by atoms with Crippen LogP contribution in [0.4, 0.5) is 8.78 Å². The highest BCUT2D eigenvalue weighted by Gasteiger charge is 2.32. The van der Waals surface area contributed by atoms with Gasteiger partial charge in [0, 0.05) is 0 Å². The van der Waals surface area contributed by atoms with Crippen LogP contribution in [0.15, 0.2) is 55.7 Å². The van der Waals surface area contributed by atoms with Crippen LogP contribution >= 0.6 is 43.2 Å². The maximum atomic E-state index is 13.8. The average Bonchev–Trinajstić information content (AvgIpc) is 3.08. The molecule has 0 aliphatic carbocycles. The van der Waals surface area contributed by atoms with Gasteiger partial charge in [0.05, 0.1) is 42.7 Å². The van der Waals surface area contributed by atoms with Crippen LogP contribution in [-0.2, 0) is 0 Å². The molecule has 4 rings (SSSR count). The van der Waals surface area contributed by atoms with Crippen LogP contribution in [0.3, 0.4) is 0 Å². The predicted octanol–water partition coefficient (Wildman–Crippen LogP) is 3.66. The number of halogens is 4. The standard InChI is InChI=1S/C22H10Br2F2N4OS/c23-14-5-10(1-3-16(14)25)6-18-21(31)30-20(29)12(8-27)19(13(9-28)22(30)32-18)11-2-4-17(26)15(24)7-11/h1-7,19H,29H2/b18-6-/t19-/m1/s1. The maximum absolute atomic E-state index is 13.8. The third-order valence-corrected chi connectivity index (χ3v) is 7.23. The molecule has 0 saturated carbocycles. The van der Waals surface area contributed by atoms with Crippen LogP contribution in [0, 0.1) is 34.3 Å². The molecule has 3 aromatic rings. The molecule has 1 aliphatic rings. The zero-order chi connectivity index (χ0) is 23.2. The topological polar surface area (TPSA) is 95.6 Å². The van der Waals surface area contributed by atoms with E-state index >= 15 is 0 Å². The number of allylic oxidation sites excluding steroid dienone is 1. The lowest BCUT2D eigenvalue weighted by Gasteiger charge is -2.22. The van der Waals surface area contributed by atoms with Crippen molar-refractivity contribution in [2.45, 2.75) is 5.92 Å². The van der Waals surface area contributed by atoms with Gasteiger partial charge >= 0.3 is 0 Å². The van der Waals surface area contributed by atoms with E-state index in [0.717, 1.165) is 15.9 Å². The molecule has 0 fully saturated rings. The van der Waals surface area contributed by atoms with Crippen LogP contribution in [0.1, 0.15) is 17.0 Å². The number of benzene rings is 2. The highest BCUT2D eigenvalue weighted by molar-refractivity contribution is 9.10. The van der Waals surface area contributed by atoms with E-state index in [1.54, 1.807) is 6.08 Å². The van der Waals surface area contributed by atoms with E-state index in [-0.39, 0.29) is 35.1 Å². The predicted molar refractivity (Wildman–Crippen MR) is 124 cm³/mol. The number of thiazole rings is 1. The molecule has 158 valence electrons. The zero-order valence-electron chi connectivity index (χ0n) is 15.9. The summed E-state index contributed by atoms with van der Waals surface area (Å²) in [6, 6.07) is 12.6. The van der Waals surface area contributed by atoms with Crippen molar-refractivity contribution in [1.29, 1.82) is 10.5 Å². The summed E-state index contributed by atoms with van der Waals surface area (Å²) in [5, 5.41) is 19.7. The van der Waals surface area contributed by atoms with E-state index in [2.05, 4.69) is 37.9 Å². The average molecular weight is 576 g/mol. The minimum atomic E-state index is -0.854. The molecule has 2 heterocycles. The first-order valence-electron chi connectivity index (χ1n) is 8.94. The fraction of sp³-hybridized carbons (Fsp3) is 0.0455. The lowest BCUT2D eigenvalue weighted by Crippen LogP contribution is -2.38. The number of hydrogen-bond acceptors (Lipinski definition) is 5. The van der Waals surface area contributed by atoms with E-state index in [0.29, 0.717) is 11.1 Å². The smallest absolute Gasteiger partial charge is 0.274 e. The highest BCUT2D eigenvalue weighted by atomic mass is 79.9. The fourth-order valence-electron chi connectivity index (χ4n) is 3.43. The van der Waals surface area contributed by atoms with Crippen molar-refractivity contribution in [1.82, 2.24) is 4.57 Å². The Morgan fingerprint density at radius 1 is 1.03 bits per heavy atom. The molecular formula is C22H10Br2F2N4OS. The van der Waals surface area contributed by atoms with Crippen molar-refractivity contribution < 1.29 is 8.78 Å². The lowest BCUT2D eigenvalue weighted by molar-refractivity contribution is 0.620. The first kappa shape index (κ1) is 22.2. The van der Waals surface area contributed by atoms with E-state index in [4.69, 9.17) is 5.73 Å². The van der Waals surface area contributed by atoms with Gasteiger partial charge in [-0.25, -0.2) is 8.78 Å². The van der Waals surface area contributed by atoms with Gasteiger partial charge in [0.2, 0.25) is 0 Å². The van der Waals surface area contributed by atoms with Gasteiger partial charge in [-0.3, -0.25) is 9.36 Å². The Balaban J connectivity index is 2.04. The molecule has 0 unspecified atom stereocenters. The second-order valence-electron chi connectivity index (χ2n) is 6.77. The van der Waals surface area contributed by atoms with Gasteiger partial charge in [-0.2, -0.15) is 10.5 Å². The number of nitrogens with zero attached hydrogens (tertiary/aromatic N) is 3. The Labute approximate surface area is 200 Å². The van der Waals surface area contributed by atoms with E-state index in [9.17, 15) is 24.1 Å². The Morgan fingerprint density at radius 2 is 1.66 bits per heavy atom. The Kier molecular flexibility index (Phi) is 5.87. The Bertz CT molecular complexity index is 1590. The summed E-state index contributed by atoms with van der Waals surface area (Å²) < 4.78 is 29.4. The maximum Gasteiger partial charge on any atom is 0.274 e. The summed E-state index contributed by atoms with van der Waals surface area (Å²) in [5.41, 5.74) is 6.93. The van der Waals surface area contributed by atoms with Gasteiger partial charge in [-0.1, -0.05) is 12.1 Å². The molecule has 0 saturated heterocycles. The van der Waals surface area contributed by atoms with E-state index in [1.807, 2.05) is 6.07 Å². The van der Waals surface area contributed by atoms with Gasteiger partial charge in [-0.15, -0.1) is 11.3 Å². The molecule has 0 bridgehead atoms. The van der Waals surface area contributed by atoms with Crippen molar-refractivity contribution in [3.8, 4) is 12.1 Å². The molecule has 0 radical (unpaired) electrons. The number of fused-ring (bicyclic) bond motifs is 1. The minimum Gasteiger partial charge on any atom is -0.384 e. The molecule has 0 amide bonds. The van der Waals surface area contributed by atoms with Gasteiger partial charge in [0.15, 0.2) is 0 Å². The molecule has 0 spiro atoms. The SMILES string of the molecule is N#CC1=C(N)n2c(s/c(=C\c3ccc(F)c(Br)c3)c2=O)=C(C#N)[C@@H]1c1ccc(F)c(Br)c1. The molecule has 32 heavy (non-hydrogen) atoms. The summed E-state index contributed by atoms with van der Waals surface area (Å²) >= 11 is 7.27. The summed E-state index contributed by atoms with van der Waals surface area (Å²) in [6.45, 7) is 0. The van der Waals surface area contributed by atoms with Crippen LogP contribution in [0.25, 0.3) is 17.5 Å². The Hall–Kier alpha value is -3.05. The summed E-state index contributed by atoms with van der Waals surface area (Å²) in [5.74, 6) is -1.88. The molecule has 2 N–H and O–H groups in total. The molecule has 1 aromatic heterocycles. The third-order valence-electron chi connectivity index (χ3n) is 4.91. The van der Waals surface area contributed by atoms with E-state index < -0.39 is 23.1 Å². The van der Waals surface area contributed by atoms with Crippen molar-refractivity contribution in [2.75, 3.05) is 0 Å². The zero-order valence-corrected chi connectivity index (χ0v) is 19.9. The molecular weight excluding hydrogens is 566 g/mol. The van der Waals surface area contributed by atoms with Gasteiger partial charge < -0.3 is 5.73 Å². The number of rotatable bonds is 2. The van der Waals surface area contributed by atoms with Gasteiger partial charge in [0.25, 0.3) is 5.56 Å². The van der Waals surface area contributed by atoms with Crippen LogP contribution in [0.5, 0.6) is 0 Å². The van der Waals surface area contributed by atoms with E-state index in [1.165, 1.54) is 36.4 Å². The van der Waals surface area contributed by atoms with Gasteiger partial charge in [-0.05, 0) is 73.3 Å². The first-order valence-corrected chi connectivity index (χ1v) is 11.3. The Morgan fingerprint density at radius 3 is 2.25 bits per heavy atom. The van der Waals surface area contributed by atoms with Crippen molar-refractivity contribution >= 4 is 60.7 Å². The monoisotopic (exact) mass is 574 g/mol. The molecule has 10 heteroatoms. The highest BCUT2D eigenvalue weighted by Crippen LogP contribution is 2.36. The molecule has 1 atom stereocenters. The largest absolute Gasteiger partial charge is 0.384 e. The quantitative estimate of drug-likeness (QED) is 0.504. The number of nitrogens with two attached hydrogens (primary N) is 1. The van der Waals surface area contributed by atoms with Crippen LogP contribution < -0.4 is 20.5 Å². The molecule has 5 nitrogen and oxygen atoms in total. The summed E-state index contributed by atoms with van der Waals surface area (Å²) in [6.07, 6.45) is 1.56. The number of aromatic nitrogens is 1. The van der Waals surface area contributed by atoms with Crippen molar-refractivity contribution in [3.63, 3.8) is 0 Å². The van der Waals surface area contributed by atoms with Gasteiger partial charge in [0.1, 0.15) is 22.1 Å². The number of hydrogen-bond donors (Lipinski definition) is 1.